The van der Waals surface area contributed by atoms with Crippen LogP contribution in [0.4, 0.5) is 5.69 Å². The summed E-state index contributed by atoms with van der Waals surface area (Å²) in [6, 6.07) is 20.4. The largest absolute Gasteiger partial charge is 0.478 e. The maximum atomic E-state index is 12.4. The average molecular weight is 331 g/mol. The number of carboxylic acid groups (broad SMARTS) is 1. The first-order valence-electron chi connectivity index (χ1n) is 7.83. The third-order valence-corrected chi connectivity index (χ3v) is 4.02. The molecule has 0 aliphatic carbocycles. The predicted molar refractivity (Wildman–Crippen MR) is 99.8 cm³/mol. The fraction of sp³-hybridized carbons (Fsp3) is 0.0476. The van der Waals surface area contributed by atoms with E-state index in [-0.39, 0.29) is 11.5 Å². The van der Waals surface area contributed by atoms with Crippen LogP contribution in [-0.2, 0) is 4.79 Å². The highest BCUT2D eigenvalue weighted by atomic mass is 16.4. The number of amides is 1. The van der Waals surface area contributed by atoms with Gasteiger partial charge in [0.25, 0.3) is 5.91 Å². The van der Waals surface area contributed by atoms with Crippen LogP contribution in [0.2, 0.25) is 0 Å². The molecular formula is C21H17NO3. The number of aromatic carboxylic acids is 1. The highest BCUT2D eigenvalue weighted by Gasteiger charge is 2.15. The maximum absolute atomic E-state index is 12.4. The Kier molecular flexibility index (Phi) is 4.61. The van der Waals surface area contributed by atoms with Crippen molar-refractivity contribution in [2.75, 3.05) is 11.9 Å². The molecular weight excluding hydrogens is 314 g/mol. The topological polar surface area (TPSA) is 57.6 Å². The van der Waals surface area contributed by atoms with Crippen LogP contribution >= 0.6 is 0 Å². The second kappa shape index (κ2) is 7.01. The monoisotopic (exact) mass is 331 g/mol. The Balaban J connectivity index is 1.83. The van der Waals surface area contributed by atoms with Crippen molar-refractivity contribution < 1.29 is 14.7 Å². The summed E-state index contributed by atoms with van der Waals surface area (Å²) in [5.74, 6) is -1.35. The molecule has 0 saturated heterocycles. The van der Waals surface area contributed by atoms with Gasteiger partial charge in [0.2, 0.25) is 0 Å². The van der Waals surface area contributed by atoms with Gasteiger partial charge >= 0.3 is 5.97 Å². The van der Waals surface area contributed by atoms with E-state index in [4.69, 9.17) is 0 Å². The average Bonchev–Trinajstić information content (AvgIpc) is 2.65. The second-order valence-corrected chi connectivity index (χ2v) is 5.66. The van der Waals surface area contributed by atoms with Gasteiger partial charge in [0.15, 0.2) is 0 Å². The van der Waals surface area contributed by atoms with E-state index in [1.807, 2.05) is 42.5 Å². The molecule has 0 saturated carbocycles. The molecule has 3 aromatic carbocycles. The van der Waals surface area contributed by atoms with Crippen LogP contribution in [-0.4, -0.2) is 24.0 Å². The molecule has 4 heteroatoms. The van der Waals surface area contributed by atoms with Gasteiger partial charge in [0, 0.05) is 13.1 Å². The van der Waals surface area contributed by atoms with E-state index in [2.05, 4.69) is 0 Å². The van der Waals surface area contributed by atoms with Gasteiger partial charge in [-0.2, -0.15) is 0 Å². The van der Waals surface area contributed by atoms with E-state index >= 15 is 0 Å². The number of likely N-dealkylation sites (N-methyl/N-ethyl adjacent to an activating group) is 1. The Labute approximate surface area is 145 Å². The molecule has 3 rings (SSSR count). The smallest absolute Gasteiger partial charge is 0.337 e. The Morgan fingerprint density at radius 3 is 2.36 bits per heavy atom. The van der Waals surface area contributed by atoms with Crippen LogP contribution < -0.4 is 4.90 Å². The third-order valence-electron chi connectivity index (χ3n) is 4.02. The molecule has 0 spiro atoms. The summed E-state index contributed by atoms with van der Waals surface area (Å²) in [7, 11) is 1.56. The number of anilines is 1. The van der Waals surface area contributed by atoms with E-state index in [0.717, 1.165) is 16.3 Å². The summed E-state index contributed by atoms with van der Waals surface area (Å²) < 4.78 is 0. The Morgan fingerprint density at radius 1 is 0.920 bits per heavy atom. The first kappa shape index (κ1) is 16.5. The second-order valence-electron chi connectivity index (χ2n) is 5.66. The normalized spacial score (nSPS) is 10.9. The number of carboxylic acids is 1. The number of rotatable bonds is 4. The number of benzene rings is 3. The molecule has 124 valence electrons. The molecule has 0 unspecified atom stereocenters. The van der Waals surface area contributed by atoms with Gasteiger partial charge < -0.3 is 10.0 Å². The van der Waals surface area contributed by atoms with Crippen LogP contribution in [0.5, 0.6) is 0 Å². The molecule has 0 bridgehead atoms. The molecule has 3 aromatic rings. The van der Waals surface area contributed by atoms with Crippen LogP contribution in [0.1, 0.15) is 15.9 Å². The zero-order valence-corrected chi connectivity index (χ0v) is 13.7. The lowest BCUT2D eigenvalue weighted by atomic mass is 10.1. The van der Waals surface area contributed by atoms with E-state index in [1.165, 1.54) is 17.0 Å². The van der Waals surface area contributed by atoms with Crippen molar-refractivity contribution in [3.63, 3.8) is 0 Å². The standard InChI is InChI=1S/C21H17NO3/c1-22(19-9-5-4-8-18(19)21(24)25)20(23)13-11-15-10-12-16-6-2-3-7-17(16)14-15/h2-14H,1H3,(H,24,25)/b13-11+. The van der Waals surface area contributed by atoms with Crippen LogP contribution in [0, 0.1) is 0 Å². The summed E-state index contributed by atoms with van der Waals surface area (Å²) in [6.45, 7) is 0. The van der Waals surface area contributed by atoms with Gasteiger partial charge in [-0.15, -0.1) is 0 Å². The number of nitrogens with zero attached hydrogens (tertiary/aromatic N) is 1. The lowest BCUT2D eigenvalue weighted by molar-refractivity contribution is -0.113. The van der Waals surface area contributed by atoms with Crippen molar-refractivity contribution in [2.45, 2.75) is 0 Å². The van der Waals surface area contributed by atoms with Gasteiger partial charge in [0.1, 0.15) is 0 Å². The zero-order chi connectivity index (χ0) is 17.8. The molecule has 0 heterocycles. The van der Waals surface area contributed by atoms with E-state index < -0.39 is 5.97 Å². The molecule has 0 atom stereocenters. The fourth-order valence-electron chi connectivity index (χ4n) is 2.66. The van der Waals surface area contributed by atoms with Crippen LogP contribution in [0.25, 0.3) is 16.8 Å². The van der Waals surface area contributed by atoms with Crippen LogP contribution in [0.3, 0.4) is 0 Å². The Morgan fingerprint density at radius 2 is 1.60 bits per heavy atom. The van der Waals surface area contributed by atoms with Crippen molar-refractivity contribution >= 4 is 34.4 Å². The highest BCUT2D eigenvalue weighted by Crippen LogP contribution is 2.20. The first-order valence-corrected chi connectivity index (χ1v) is 7.83. The molecule has 1 amide bonds. The molecule has 0 aliphatic heterocycles. The van der Waals surface area contributed by atoms with E-state index in [0.29, 0.717) is 5.69 Å². The Bertz CT molecular complexity index is 976. The summed E-state index contributed by atoms with van der Waals surface area (Å²) in [5.41, 5.74) is 1.37. The summed E-state index contributed by atoms with van der Waals surface area (Å²) in [5, 5.41) is 11.5. The summed E-state index contributed by atoms with van der Waals surface area (Å²) in [4.78, 5) is 25.0. The molecule has 1 N–H and O–H groups in total. The van der Waals surface area contributed by atoms with Crippen molar-refractivity contribution in [3.05, 3.63) is 83.9 Å². The molecule has 0 aromatic heterocycles. The molecule has 25 heavy (non-hydrogen) atoms. The third kappa shape index (κ3) is 3.58. The summed E-state index contributed by atoms with van der Waals surface area (Å²) >= 11 is 0. The Hall–Kier alpha value is -3.40. The number of carbonyl (C=O) groups is 2. The minimum absolute atomic E-state index is 0.0949. The van der Waals surface area contributed by atoms with Crippen molar-refractivity contribution in [1.29, 1.82) is 0 Å². The number of fused-ring (bicyclic) bond motifs is 1. The van der Waals surface area contributed by atoms with E-state index in [9.17, 15) is 14.7 Å². The van der Waals surface area contributed by atoms with Crippen molar-refractivity contribution in [2.24, 2.45) is 0 Å². The number of para-hydroxylation sites is 1. The highest BCUT2D eigenvalue weighted by molar-refractivity contribution is 6.07. The number of hydrogen-bond donors (Lipinski definition) is 1. The quantitative estimate of drug-likeness (QED) is 0.728. The first-order chi connectivity index (χ1) is 12.1. The molecule has 0 radical (unpaired) electrons. The minimum atomic E-state index is -1.06. The van der Waals surface area contributed by atoms with Crippen LogP contribution in [0.15, 0.2) is 72.8 Å². The lowest BCUT2D eigenvalue weighted by Crippen LogP contribution is -2.25. The predicted octanol–water partition coefficient (Wildman–Crippen LogP) is 4.21. The SMILES string of the molecule is CN(C(=O)/C=C/c1ccc2ccccc2c1)c1ccccc1C(=O)O. The maximum Gasteiger partial charge on any atom is 0.337 e. The van der Waals surface area contributed by atoms with Gasteiger partial charge in [-0.25, -0.2) is 4.79 Å². The number of hydrogen-bond acceptors (Lipinski definition) is 2. The molecule has 4 nitrogen and oxygen atoms in total. The fourth-order valence-corrected chi connectivity index (χ4v) is 2.66. The van der Waals surface area contributed by atoms with E-state index in [1.54, 1.807) is 31.3 Å². The van der Waals surface area contributed by atoms with Gasteiger partial charge in [-0.1, -0.05) is 48.5 Å². The van der Waals surface area contributed by atoms with Gasteiger partial charge in [0.05, 0.1) is 11.3 Å². The minimum Gasteiger partial charge on any atom is -0.478 e. The lowest BCUT2D eigenvalue weighted by Gasteiger charge is -2.17. The van der Waals surface area contributed by atoms with Gasteiger partial charge in [-0.05, 0) is 40.6 Å². The van der Waals surface area contributed by atoms with Crippen molar-refractivity contribution in [1.82, 2.24) is 0 Å². The zero-order valence-electron chi connectivity index (χ0n) is 13.7. The van der Waals surface area contributed by atoms with Crippen molar-refractivity contribution in [3.8, 4) is 0 Å². The number of carbonyl (C=O) groups excluding carboxylic acids is 1. The summed E-state index contributed by atoms with van der Waals surface area (Å²) in [6.07, 6.45) is 3.18. The molecule has 0 fully saturated rings. The molecule has 0 aliphatic rings. The van der Waals surface area contributed by atoms with Gasteiger partial charge in [-0.3, -0.25) is 4.79 Å².